The summed E-state index contributed by atoms with van der Waals surface area (Å²) in [6.07, 6.45) is 11.6. The van der Waals surface area contributed by atoms with Crippen molar-refractivity contribution in [3.8, 4) is 0 Å². The molecule has 20 heavy (non-hydrogen) atoms. The van der Waals surface area contributed by atoms with Crippen molar-refractivity contribution in [2.24, 2.45) is 17.8 Å². The van der Waals surface area contributed by atoms with E-state index in [0.29, 0.717) is 11.0 Å². The van der Waals surface area contributed by atoms with Gasteiger partial charge >= 0.3 is 0 Å². The molecule has 2 saturated carbocycles. The highest BCUT2D eigenvalue weighted by Crippen LogP contribution is 2.42. The first-order valence-electron chi connectivity index (χ1n) is 7.51. The molecular weight excluding hydrogens is 274 g/mol. The van der Waals surface area contributed by atoms with E-state index in [-0.39, 0.29) is 11.8 Å². The molecule has 0 saturated heterocycles. The molecule has 1 aromatic rings. The Balaban J connectivity index is 1.58. The van der Waals surface area contributed by atoms with Crippen molar-refractivity contribution in [3.05, 3.63) is 17.5 Å². The normalized spacial score (nSPS) is 29.6. The van der Waals surface area contributed by atoms with Crippen molar-refractivity contribution >= 4 is 23.3 Å². The predicted octanol–water partition coefficient (Wildman–Crippen LogP) is 3.68. The van der Waals surface area contributed by atoms with Gasteiger partial charge in [-0.1, -0.05) is 37.3 Å². The van der Waals surface area contributed by atoms with Gasteiger partial charge in [-0.25, -0.2) is 9.97 Å². The minimum atomic E-state index is 0.0886. The van der Waals surface area contributed by atoms with Crippen LogP contribution in [0.1, 0.15) is 44.9 Å². The third-order valence-corrected chi connectivity index (χ3v) is 4.98. The number of rotatable bonds is 2. The molecule has 4 nitrogen and oxygen atoms in total. The van der Waals surface area contributed by atoms with Crippen LogP contribution in [0.5, 0.6) is 0 Å². The molecule has 1 amide bonds. The number of hydrogen-bond donors (Lipinski definition) is 1. The lowest BCUT2D eigenvalue weighted by Crippen LogP contribution is -2.34. The minimum absolute atomic E-state index is 0.0886. The highest BCUT2D eigenvalue weighted by Gasteiger charge is 2.35. The van der Waals surface area contributed by atoms with Crippen LogP contribution in [0.25, 0.3) is 0 Å². The van der Waals surface area contributed by atoms with Crippen molar-refractivity contribution in [3.63, 3.8) is 0 Å². The van der Waals surface area contributed by atoms with Crippen LogP contribution in [0.3, 0.4) is 0 Å². The second kappa shape index (κ2) is 6.08. The molecule has 1 heterocycles. The van der Waals surface area contributed by atoms with E-state index in [9.17, 15) is 4.79 Å². The molecule has 0 aliphatic heterocycles. The zero-order valence-corrected chi connectivity index (χ0v) is 12.3. The second-order valence-corrected chi connectivity index (χ2v) is 6.42. The molecule has 0 aromatic carbocycles. The van der Waals surface area contributed by atoms with Crippen molar-refractivity contribution in [1.82, 2.24) is 9.97 Å². The molecule has 5 heteroatoms. The molecule has 3 unspecified atom stereocenters. The number of fused-ring (bicyclic) bond motifs is 1. The Hall–Kier alpha value is -1.16. The minimum Gasteiger partial charge on any atom is -0.309 e. The molecule has 3 rings (SSSR count). The number of hydrogen-bond acceptors (Lipinski definition) is 3. The molecule has 2 aliphatic carbocycles. The number of aromatic nitrogens is 2. The smallest absolute Gasteiger partial charge is 0.228 e. The number of halogens is 1. The Morgan fingerprint density at radius 2 is 1.90 bits per heavy atom. The molecular formula is C15H20ClN3O. The molecule has 2 aliphatic rings. The van der Waals surface area contributed by atoms with Crippen LogP contribution in [0.15, 0.2) is 12.4 Å². The van der Waals surface area contributed by atoms with Gasteiger partial charge in [0.05, 0.1) is 12.4 Å². The molecule has 1 N–H and O–H groups in total. The summed E-state index contributed by atoms with van der Waals surface area (Å²) in [5.74, 6) is 2.33. The van der Waals surface area contributed by atoms with Crippen LogP contribution in [0, 0.1) is 17.8 Å². The number of carbonyl (C=O) groups excluding carboxylic acids is 1. The van der Waals surface area contributed by atoms with Crippen molar-refractivity contribution in [1.29, 1.82) is 0 Å². The highest BCUT2D eigenvalue weighted by atomic mass is 35.5. The summed E-state index contributed by atoms with van der Waals surface area (Å²) in [5.41, 5.74) is 0. The number of amides is 1. The molecule has 3 atom stereocenters. The van der Waals surface area contributed by atoms with Crippen LogP contribution < -0.4 is 5.32 Å². The van der Waals surface area contributed by atoms with Gasteiger partial charge in [0, 0.05) is 5.92 Å². The third kappa shape index (κ3) is 3.11. The summed E-state index contributed by atoms with van der Waals surface area (Å²) < 4.78 is 0. The van der Waals surface area contributed by atoms with Gasteiger partial charge in [0.1, 0.15) is 5.15 Å². The predicted molar refractivity (Wildman–Crippen MR) is 78.5 cm³/mol. The van der Waals surface area contributed by atoms with Crippen LogP contribution in [0.4, 0.5) is 5.82 Å². The fourth-order valence-electron chi connectivity index (χ4n) is 3.72. The SMILES string of the molecule is O=C(Nc1cnc(Cl)cn1)C1CCC2CCCCC2C1. The lowest BCUT2D eigenvalue weighted by atomic mass is 9.67. The van der Waals surface area contributed by atoms with Gasteiger partial charge in [0.25, 0.3) is 0 Å². The van der Waals surface area contributed by atoms with Gasteiger partial charge < -0.3 is 5.32 Å². The maximum Gasteiger partial charge on any atom is 0.228 e. The molecule has 0 spiro atoms. The number of anilines is 1. The summed E-state index contributed by atoms with van der Waals surface area (Å²) in [6, 6.07) is 0. The molecule has 2 fully saturated rings. The van der Waals surface area contributed by atoms with Gasteiger partial charge in [-0.05, 0) is 31.1 Å². The average Bonchev–Trinajstić information content (AvgIpc) is 2.49. The number of carbonyl (C=O) groups is 1. The van der Waals surface area contributed by atoms with Crippen LogP contribution in [-0.4, -0.2) is 15.9 Å². The second-order valence-electron chi connectivity index (χ2n) is 6.03. The lowest BCUT2D eigenvalue weighted by Gasteiger charge is -2.38. The first-order chi connectivity index (χ1) is 9.72. The number of nitrogens with one attached hydrogen (secondary N) is 1. The zero-order valence-electron chi connectivity index (χ0n) is 11.5. The Bertz CT molecular complexity index is 477. The van der Waals surface area contributed by atoms with Crippen LogP contribution >= 0.6 is 11.6 Å². The van der Waals surface area contributed by atoms with E-state index >= 15 is 0 Å². The van der Waals surface area contributed by atoms with E-state index in [1.165, 1.54) is 44.5 Å². The standard InChI is InChI=1S/C15H20ClN3O/c16-13-8-18-14(9-17-13)19-15(20)12-6-5-10-3-1-2-4-11(10)7-12/h8-12H,1-7H2,(H,18,19,20). The zero-order chi connectivity index (χ0) is 13.9. The quantitative estimate of drug-likeness (QED) is 0.905. The average molecular weight is 294 g/mol. The summed E-state index contributed by atoms with van der Waals surface area (Å²) in [7, 11) is 0. The van der Waals surface area contributed by atoms with Gasteiger partial charge in [-0.3, -0.25) is 4.79 Å². The summed E-state index contributed by atoms with van der Waals surface area (Å²) in [5, 5.41) is 3.20. The largest absolute Gasteiger partial charge is 0.309 e. The summed E-state index contributed by atoms with van der Waals surface area (Å²) in [6.45, 7) is 0. The van der Waals surface area contributed by atoms with Gasteiger partial charge in [-0.15, -0.1) is 0 Å². The monoisotopic (exact) mass is 293 g/mol. The lowest BCUT2D eigenvalue weighted by molar-refractivity contribution is -0.122. The van der Waals surface area contributed by atoms with Gasteiger partial charge in [-0.2, -0.15) is 0 Å². The van der Waals surface area contributed by atoms with Crippen molar-refractivity contribution < 1.29 is 4.79 Å². The Morgan fingerprint density at radius 1 is 1.10 bits per heavy atom. The Morgan fingerprint density at radius 3 is 2.65 bits per heavy atom. The topological polar surface area (TPSA) is 54.9 Å². The van der Waals surface area contributed by atoms with E-state index in [2.05, 4.69) is 15.3 Å². The third-order valence-electron chi connectivity index (χ3n) is 4.78. The van der Waals surface area contributed by atoms with E-state index < -0.39 is 0 Å². The van der Waals surface area contributed by atoms with E-state index in [4.69, 9.17) is 11.6 Å². The maximum absolute atomic E-state index is 12.3. The molecule has 1 aromatic heterocycles. The van der Waals surface area contributed by atoms with Crippen molar-refractivity contribution in [2.45, 2.75) is 44.9 Å². The summed E-state index contributed by atoms with van der Waals surface area (Å²) >= 11 is 5.69. The first-order valence-corrected chi connectivity index (χ1v) is 7.88. The molecule has 108 valence electrons. The van der Waals surface area contributed by atoms with Crippen LogP contribution in [0.2, 0.25) is 5.15 Å². The number of nitrogens with zero attached hydrogens (tertiary/aromatic N) is 2. The Labute approximate surface area is 124 Å². The van der Waals surface area contributed by atoms with Gasteiger partial charge in [0.2, 0.25) is 5.91 Å². The van der Waals surface area contributed by atoms with E-state index in [1.54, 1.807) is 0 Å². The van der Waals surface area contributed by atoms with Gasteiger partial charge in [0.15, 0.2) is 5.82 Å². The fraction of sp³-hybridized carbons (Fsp3) is 0.667. The van der Waals surface area contributed by atoms with E-state index in [0.717, 1.165) is 24.7 Å². The Kier molecular flexibility index (Phi) is 4.20. The highest BCUT2D eigenvalue weighted by molar-refractivity contribution is 6.29. The first kappa shape index (κ1) is 13.8. The molecule has 0 bridgehead atoms. The maximum atomic E-state index is 12.3. The summed E-state index contributed by atoms with van der Waals surface area (Å²) in [4.78, 5) is 20.3. The molecule has 0 radical (unpaired) electrons. The fourth-order valence-corrected chi connectivity index (χ4v) is 3.81. The van der Waals surface area contributed by atoms with E-state index in [1.807, 2.05) is 0 Å². The van der Waals surface area contributed by atoms with Crippen molar-refractivity contribution in [2.75, 3.05) is 5.32 Å². The van der Waals surface area contributed by atoms with Crippen LogP contribution in [-0.2, 0) is 4.79 Å².